The number of hydrogen-bond donors (Lipinski definition) is 3. The Hall–Kier alpha value is -6.35. The topological polar surface area (TPSA) is 172 Å². The molecule has 0 spiro atoms. The van der Waals surface area contributed by atoms with Gasteiger partial charge in [0.2, 0.25) is 17.7 Å². The molecule has 4 heterocycles. The number of phenols is 1. The second-order valence-corrected chi connectivity index (χ2v) is 18.9. The number of likely N-dealkylation sites (tertiary alicyclic amines) is 1. The Labute approximate surface area is 387 Å². The van der Waals surface area contributed by atoms with Crippen molar-refractivity contribution in [1.29, 1.82) is 0 Å². The number of phenolic OH excluding ortho intramolecular Hbond substituents is 1. The minimum atomic E-state index is -1.17. The Bertz CT molecular complexity index is 2510. The van der Waals surface area contributed by atoms with Crippen molar-refractivity contribution in [3.8, 4) is 39.6 Å². The van der Waals surface area contributed by atoms with Crippen LogP contribution in [0.25, 0.3) is 33.3 Å². The first-order valence-corrected chi connectivity index (χ1v) is 22.9. The molecule has 4 amide bonds. The molecule has 2 fully saturated rings. The average molecular weight is 905 g/mol. The van der Waals surface area contributed by atoms with E-state index in [9.17, 15) is 29.1 Å². The zero-order valence-electron chi connectivity index (χ0n) is 39.4. The summed E-state index contributed by atoms with van der Waals surface area (Å²) in [6.07, 6.45) is 3.09. The minimum absolute atomic E-state index is 0.0192. The van der Waals surface area contributed by atoms with E-state index < -0.39 is 47.2 Å². The molecule has 4 aromatic rings. The predicted octanol–water partition coefficient (Wildman–Crippen LogP) is 5.88. The van der Waals surface area contributed by atoms with Crippen LogP contribution in [0.3, 0.4) is 0 Å². The standard InChI is InChI=1S/C51H64N6O9/c1-10-43(59)55-21-19-33(28-55)48(61)54(7)45(30(3)4)47(60)52-39-24-31-22-34(25-35(58)23-31)32-17-18-40-36(26-32)37(46(56(40)11-2)44-41(64-8)15-12-16-42(44)65-9)27-51(5,6)29-66-50(63)38-14-13-20-57(53-38)49(39)62/h10,12,15-18,22-23,25-26,30,33,38-39,45,53,58H,1,11,13-14,19-21,24,27-29H2,2-9H3,(H,52,60)/t33-,38-,39-,45?/m0/s1. The third-order valence-corrected chi connectivity index (χ3v) is 13.2. The number of ether oxygens (including phenoxy) is 3. The van der Waals surface area contributed by atoms with Crippen LogP contribution in [0.4, 0.5) is 0 Å². The van der Waals surface area contributed by atoms with Gasteiger partial charge >= 0.3 is 5.97 Å². The molecule has 3 aliphatic rings. The summed E-state index contributed by atoms with van der Waals surface area (Å²) in [7, 11) is 4.85. The molecule has 4 atom stereocenters. The molecule has 66 heavy (non-hydrogen) atoms. The molecule has 3 aromatic carbocycles. The number of methoxy groups -OCH3 is 2. The molecule has 1 aromatic heterocycles. The van der Waals surface area contributed by atoms with Crippen molar-refractivity contribution >= 4 is 40.5 Å². The fourth-order valence-electron chi connectivity index (χ4n) is 9.97. The van der Waals surface area contributed by atoms with E-state index in [1.807, 2.05) is 44.2 Å². The van der Waals surface area contributed by atoms with Gasteiger partial charge < -0.3 is 39.0 Å². The lowest BCUT2D eigenvalue weighted by Gasteiger charge is -2.37. The lowest BCUT2D eigenvalue weighted by Crippen LogP contribution is -2.62. The first-order valence-electron chi connectivity index (χ1n) is 22.9. The van der Waals surface area contributed by atoms with Crippen molar-refractivity contribution in [3.63, 3.8) is 0 Å². The van der Waals surface area contributed by atoms with Gasteiger partial charge in [0.1, 0.15) is 35.4 Å². The first kappa shape index (κ1) is 47.6. The maximum Gasteiger partial charge on any atom is 0.324 e. The number of aromatic nitrogens is 1. The minimum Gasteiger partial charge on any atom is -0.508 e. The third-order valence-electron chi connectivity index (χ3n) is 13.2. The highest BCUT2D eigenvalue weighted by molar-refractivity contribution is 5.97. The van der Waals surface area contributed by atoms with Crippen LogP contribution in [-0.2, 0) is 48.1 Å². The number of hydrogen-bond acceptors (Lipinski definition) is 10. The molecular weight excluding hydrogens is 841 g/mol. The van der Waals surface area contributed by atoms with Gasteiger partial charge in [-0.2, -0.15) is 0 Å². The van der Waals surface area contributed by atoms with Crippen molar-refractivity contribution < 1.29 is 43.3 Å². The van der Waals surface area contributed by atoms with E-state index in [-0.39, 0.29) is 49.6 Å². The summed E-state index contributed by atoms with van der Waals surface area (Å²) >= 11 is 0. The highest BCUT2D eigenvalue weighted by Crippen LogP contribution is 2.46. The summed E-state index contributed by atoms with van der Waals surface area (Å²) in [4.78, 5) is 72.4. The molecule has 15 nitrogen and oxygen atoms in total. The number of carbonyl (C=O) groups is 5. The number of nitrogens with one attached hydrogen (secondary N) is 2. The van der Waals surface area contributed by atoms with Gasteiger partial charge in [-0.15, -0.1) is 0 Å². The van der Waals surface area contributed by atoms with Crippen LogP contribution < -0.4 is 20.2 Å². The monoisotopic (exact) mass is 904 g/mol. The summed E-state index contributed by atoms with van der Waals surface area (Å²) in [6.45, 7) is 15.0. The van der Waals surface area contributed by atoms with Crippen molar-refractivity contribution in [1.82, 2.24) is 30.1 Å². The smallest absolute Gasteiger partial charge is 0.324 e. The van der Waals surface area contributed by atoms with Gasteiger partial charge in [-0.05, 0) is 103 Å². The first-order chi connectivity index (χ1) is 31.5. The molecule has 3 aliphatic heterocycles. The lowest BCUT2D eigenvalue weighted by atomic mass is 9.84. The van der Waals surface area contributed by atoms with Crippen molar-refractivity contribution in [3.05, 3.63) is 78.4 Å². The van der Waals surface area contributed by atoms with Crippen LogP contribution in [0.2, 0.25) is 0 Å². The van der Waals surface area contributed by atoms with Gasteiger partial charge in [0.15, 0.2) is 0 Å². The van der Waals surface area contributed by atoms with E-state index in [2.05, 4.69) is 54.8 Å². The molecule has 6 bridgehead atoms. The maximum absolute atomic E-state index is 14.7. The number of benzene rings is 3. The van der Waals surface area contributed by atoms with Gasteiger partial charge in [-0.3, -0.25) is 29.0 Å². The van der Waals surface area contributed by atoms with Gasteiger partial charge in [0, 0.05) is 56.0 Å². The zero-order chi connectivity index (χ0) is 47.6. The summed E-state index contributed by atoms with van der Waals surface area (Å²) in [5, 5.41) is 16.7. The molecule has 0 saturated carbocycles. The highest BCUT2D eigenvalue weighted by Gasteiger charge is 2.40. The number of likely N-dealkylation sites (N-methyl/N-ethyl adjacent to an activating group) is 1. The summed E-state index contributed by atoms with van der Waals surface area (Å²) in [6, 6.07) is 14.1. The van der Waals surface area contributed by atoms with Crippen LogP contribution >= 0.6 is 0 Å². The number of hydrazine groups is 1. The van der Waals surface area contributed by atoms with E-state index in [1.54, 1.807) is 38.3 Å². The number of aryl methyl sites for hydroxylation is 1. The van der Waals surface area contributed by atoms with Gasteiger partial charge in [0.05, 0.1) is 38.0 Å². The third kappa shape index (κ3) is 9.62. The summed E-state index contributed by atoms with van der Waals surface area (Å²) in [5.74, 6) is -1.61. The predicted molar refractivity (Wildman–Crippen MR) is 251 cm³/mol. The number of cyclic esters (lactones) is 1. The van der Waals surface area contributed by atoms with Crippen LogP contribution in [0.5, 0.6) is 17.2 Å². The molecule has 15 heteroatoms. The summed E-state index contributed by atoms with van der Waals surface area (Å²) in [5.41, 5.74) is 8.33. The van der Waals surface area contributed by atoms with Gasteiger partial charge in [-0.25, -0.2) is 5.43 Å². The maximum atomic E-state index is 14.7. The molecule has 3 N–H and O–H groups in total. The SMILES string of the molecule is C=CC(=O)N1CC[C@H](C(=O)N(C)C(C(=O)N[C@H]2Cc3cc(O)cc(c3)-c3ccc4c(c3)c(c(-c3c(OC)cccc3OC)n4CC)CC(C)(C)COC(=O)[C@@H]3CCCN(N3)C2=O)C(C)C)C1. The number of nitrogens with zero attached hydrogens (tertiary/aromatic N) is 4. The molecular formula is C51H64N6O9. The molecule has 7 rings (SSSR count). The Morgan fingerprint density at radius 1 is 1.03 bits per heavy atom. The van der Waals surface area contributed by atoms with E-state index >= 15 is 0 Å². The van der Waals surface area contributed by atoms with Crippen LogP contribution in [-0.4, -0.2) is 120 Å². The Balaban J connectivity index is 1.32. The van der Waals surface area contributed by atoms with Crippen LogP contribution in [0, 0.1) is 17.3 Å². The number of amides is 4. The number of esters is 1. The normalized spacial score (nSPS) is 20.3. The fraction of sp³-hybridized carbons (Fsp3) is 0.471. The highest BCUT2D eigenvalue weighted by atomic mass is 16.5. The Kier molecular flexibility index (Phi) is 14.2. The number of fused-ring (bicyclic) bond motifs is 6. The number of aromatic hydroxyl groups is 1. The van der Waals surface area contributed by atoms with E-state index in [0.29, 0.717) is 61.4 Å². The van der Waals surface area contributed by atoms with Crippen molar-refractivity contribution in [2.24, 2.45) is 17.3 Å². The van der Waals surface area contributed by atoms with Gasteiger partial charge in [-0.1, -0.05) is 52.5 Å². The fourth-order valence-corrected chi connectivity index (χ4v) is 9.97. The second kappa shape index (κ2) is 19.6. The molecule has 0 radical (unpaired) electrons. The quantitative estimate of drug-likeness (QED) is 0.129. The average Bonchev–Trinajstić information content (AvgIpc) is 3.91. The number of carbonyl (C=O) groups excluding carboxylic acids is 5. The molecule has 2 saturated heterocycles. The Morgan fingerprint density at radius 3 is 2.42 bits per heavy atom. The lowest BCUT2D eigenvalue weighted by molar-refractivity contribution is -0.155. The summed E-state index contributed by atoms with van der Waals surface area (Å²) < 4.78 is 20.3. The molecule has 352 valence electrons. The van der Waals surface area contributed by atoms with E-state index in [4.69, 9.17) is 14.2 Å². The van der Waals surface area contributed by atoms with Crippen LogP contribution in [0.1, 0.15) is 65.0 Å². The largest absolute Gasteiger partial charge is 0.508 e. The van der Waals surface area contributed by atoms with Gasteiger partial charge in [0.25, 0.3) is 5.91 Å². The second-order valence-electron chi connectivity index (χ2n) is 18.9. The molecule has 0 aliphatic carbocycles. The Morgan fingerprint density at radius 2 is 1.76 bits per heavy atom. The van der Waals surface area contributed by atoms with Crippen molar-refractivity contribution in [2.45, 2.75) is 91.4 Å². The van der Waals surface area contributed by atoms with Crippen LogP contribution in [0.15, 0.2) is 67.3 Å². The number of rotatable bonds is 10. The van der Waals surface area contributed by atoms with E-state index in [0.717, 1.165) is 33.3 Å². The molecule has 1 unspecified atom stereocenters. The van der Waals surface area contributed by atoms with E-state index in [1.165, 1.54) is 16.0 Å². The zero-order valence-corrected chi connectivity index (χ0v) is 39.4. The van der Waals surface area contributed by atoms with Crippen molar-refractivity contribution in [2.75, 3.05) is 47.5 Å².